The average molecular weight is 385 g/mol. The molecule has 0 bridgehead atoms. The van der Waals surface area contributed by atoms with Crippen molar-refractivity contribution in [3.63, 3.8) is 0 Å². The van der Waals surface area contributed by atoms with E-state index >= 15 is 0 Å². The topological polar surface area (TPSA) is 63.4 Å². The molecule has 2 unspecified atom stereocenters. The zero-order valence-corrected chi connectivity index (χ0v) is 17.0. The molecule has 28 heavy (non-hydrogen) atoms. The second-order valence-electron chi connectivity index (χ2n) is 8.36. The molecule has 6 heteroatoms. The minimum absolute atomic E-state index is 0.0328. The van der Waals surface area contributed by atoms with Crippen molar-refractivity contribution < 1.29 is 9.84 Å². The van der Waals surface area contributed by atoms with Crippen LogP contribution in [0.15, 0.2) is 24.3 Å². The summed E-state index contributed by atoms with van der Waals surface area (Å²) in [7, 11) is 1.69. The van der Waals surface area contributed by atoms with E-state index in [4.69, 9.17) is 14.8 Å². The molecule has 6 nitrogen and oxygen atoms in total. The van der Waals surface area contributed by atoms with Crippen LogP contribution in [0.2, 0.25) is 0 Å². The van der Waals surface area contributed by atoms with Crippen LogP contribution in [0.3, 0.4) is 0 Å². The normalized spacial score (nSPS) is 20.2. The van der Waals surface area contributed by atoms with Crippen molar-refractivity contribution in [2.24, 2.45) is 5.92 Å². The number of likely N-dealkylation sites (tertiary alicyclic amines) is 1. The standard InChI is InChI=1S/C22H32N4O2/c1-16(15-28-2)26-22(20(27)18-6-5-7-18)23-21(24-26)19-10-8-17(9-11-19)14-25-12-3-4-13-25/h8-11,16,18,20,27H,3-7,12-15H2,1-2H3. The Kier molecular flexibility index (Phi) is 6.09. The molecule has 1 aromatic heterocycles. The van der Waals surface area contributed by atoms with Crippen molar-refractivity contribution in [2.45, 2.75) is 57.7 Å². The molecule has 152 valence electrons. The molecule has 1 aliphatic heterocycles. The first-order valence-corrected chi connectivity index (χ1v) is 10.6. The number of hydrogen-bond acceptors (Lipinski definition) is 5. The highest BCUT2D eigenvalue weighted by Gasteiger charge is 2.32. The van der Waals surface area contributed by atoms with Gasteiger partial charge >= 0.3 is 0 Å². The molecule has 2 aliphatic rings. The summed E-state index contributed by atoms with van der Waals surface area (Å²) in [6, 6.07) is 8.59. The van der Waals surface area contributed by atoms with E-state index < -0.39 is 6.10 Å². The number of ether oxygens (including phenoxy) is 1. The van der Waals surface area contributed by atoms with Gasteiger partial charge in [0.1, 0.15) is 6.10 Å². The number of nitrogens with zero attached hydrogens (tertiary/aromatic N) is 4. The summed E-state index contributed by atoms with van der Waals surface area (Å²) in [4.78, 5) is 7.26. The van der Waals surface area contributed by atoms with E-state index in [0.29, 0.717) is 24.2 Å². The van der Waals surface area contributed by atoms with E-state index in [1.807, 2.05) is 4.68 Å². The summed E-state index contributed by atoms with van der Waals surface area (Å²) in [6.45, 7) is 6.01. The Labute approximate surface area is 167 Å². The van der Waals surface area contributed by atoms with Gasteiger partial charge in [-0.2, -0.15) is 5.10 Å². The van der Waals surface area contributed by atoms with Crippen molar-refractivity contribution in [3.05, 3.63) is 35.7 Å². The molecule has 1 saturated carbocycles. The average Bonchev–Trinajstić information content (AvgIpc) is 3.31. The zero-order chi connectivity index (χ0) is 19.5. The second kappa shape index (κ2) is 8.72. The molecule has 2 fully saturated rings. The number of aromatic nitrogens is 3. The fourth-order valence-corrected chi connectivity index (χ4v) is 4.22. The largest absolute Gasteiger partial charge is 0.385 e. The van der Waals surface area contributed by atoms with Gasteiger partial charge in [-0.25, -0.2) is 9.67 Å². The van der Waals surface area contributed by atoms with Crippen LogP contribution in [-0.4, -0.2) is 51.6 Å². The van der Waals surface area contributed by atoms with Crippen molar-refractivity contribution in [3.8, 4) is 11.4 Å². The van der Waals surface area contributed by atoms with Crippen LogP contribution in [0.25, 0.3) is 11.4 Å². The molecule has 1 N–H and O–H groups in total. The summed E-state index contributed by atoms with van der Waals surface area (Å²) in [5.74, 6) is 1.66. The highest BCUT2D eigenvalue weighted by Crippen LogP contribution is 2.38. The van der Waals surface area contributed by atoms with E-state index in [2.05, 4.69) is 36.1 Å². The Bertz CT molecular complexity index is 763. The van der Waals surface area contributed by atoms with Crippen LogP contribution in [-0.2, 0) is 11.3 Å². The Morgan fingerprint density at radius 2 is 1.86 bits per heavy atom. The van der Waals surface area contributed by atoms with Crippen molar-refractivity contribution in [1.29, 1.82) is 0 Å². The summed E-state index contributed by atoms with van der Waals surface area (Å²) in [5, 5.41) is 15.6. The SMILES string of the molecule is COCC(C)n1nc(-c2ccc(CN3CCCC3)cc2)nc1C(O)C1CCC1. The van der Waals surface area contributed by atoms with Gasteiger partial charge in [0.15, 0.2) is 11.6 Å². The van der Waals surface area contributed by atoms with Gasteiger partial charge in [0.25, 0.3) is 0 Å². The molecule has 2 heterocycles. The number of methoxy groups -OCH3 is 1. The fraction of sp³-hybridized carbons (Fsp3) is 0.636. The maximum atomic E-state index is 10.8. The third-order valence-corrected chi connectivity index (χ3v) is 6.16. The summed E-state index contributed by atoms with van der Waals surface area (Å²) in [6.07, 6.45) is 5.38. The van der Waals surface area contributed by atoms with Gasteiger partial charge in [0.2, 0.25) is 0 Å². The molecule has 0 amide bonds. The molecule has 4 rings (SSSR count). The van der Waals surface area contributed by atoms with Crippen molar-refractivity contribution in [1.82, 2.24) is 19.7 Å². The Hall–Kier alpha value is -1.76. The molecule has 2 atom stereocenters. The lowest BCUT2D eigenvalue weighted by Crippen LogP contribution is -2.25. The van der Waals surface area contributed by atoms with Gasteiger partial charge in [0.05, 0.1) is 12.6 Å². The van der Waals surface area contributed by atoms with Gasteiger partial charge in [-0.3, -0.25) is 4.90 Å². The predicted octanol–water partition coefficient (Wildman–Crippen LogP) is 3.58. The monoisotopic (exact) mass is 384 g/mol. The molecule has 1 aromatic carbocycles. The fourth-order valence-electron chi connectivity index (χ4n) is 4.22. The maximum Gasteiger partial charge on any atom is 0.181 e. The van der Waals surface area contributed by atoms with E-state index in [-0.39, 0.29) is 6.04 Å². The molecular weight excluding hydrogens is 352 g/mol. The second-order valence-corrected chi connectivity index (χ2v) is 8.36. The van der Waals surface area contributed by atoms with Gasteiger partial charge < -0.3 is 9.84 Å². The van der Waals surface area contributed by atoms with Crippen LogP contribution in [0.5, 0.6) is 0 Å². The lowest BCUT2D eigenvalue weighted by atomic mass is 9.81. The van der Waals surface area contributed by atoms with E-state index in [1.165, 1.54) is 37.9 Å². The first-order chi connectivity index (χ1) is 13.7. The Morgan fingerprint density at radius 3 is 2.46 bits per heavy atom. The number of rotatable bonds is 8. The number of aliphatic hydroxyl groups excluding tert-OH is 1. The highest BCUT2D eigenvalue weighted by molar-refractivity contribution is 5.55. The molecule has 1 saturated heterocycles. The minimum atomic E-state index is -0.552. The summed E-state index contributed by atoms with van der Waals surface area (Å²) >= 11 is 0. The Balaban J connectivity index is 1.56. The highest BCUT2D eigenvalue weighted by atomic mass is 16.5. The van der Waals surface area contributed by atoms with Crippen LogP contribution in [0.4, 0.5) is 0 Å². The van der Waals surface area contributed by atoms with Crippen LogP contribution in [0.1, 0.15) is 62.6 Å². The lowest BCUT2D eigenvalue weighted by molar-refractivity contribution is 0.0472. The van der Waals surface area contributed by atoms with Gasteiger partial charge in [-0.15, -0.1) is 0 Å². The number of hydrogen-bond donors (Lipinski definition) is 1. The van der Waals surface area contributed by atoms with E-state index in [0.717, 1.165) is 24.9 Å². The number of benzene rings is 1. The van der Waals surface area contributed by atoms with Crippen LogP contribution < -0.4 is 0 Å². The van der Waals surface area contributed by atoms with Gasteiger partial charge in [0, 0.05) is 19.2 Å². The smallest absolute Gasteiger partial charge is 0.181 e. The predicted molar refractivity (Wildman–Crippen MR) is 109 cm³/mol. The lowest BCUT2D eigenvalue weighted by Gasteiger charge is -2.30. The third kappa shape index (κ3) is 4.14. The van der Waals surface area contributed by atoms with Crippen LogP contribution >= 0.6 is 0 Å². The van der Waals surface area contributed by atoms with Gasteiger partial charge in [-0.05, 0) is 57.2 Å². The minimum Gasteiger partial charge on any atom is -0.385 e. The summed E-state index contributed by atoms with van der Waals surface area (Å²) in [5.41, 5.74) is 2.32. The summed E-state index contributed by atoms with van der Waals surface area (Å²) < 4.78 is 7.17. The molecule has 0 spiro atoms. The van der Waals surface area contributed by atoms with E-state index in [9.17, 15) is 5.11 Å². The van der Waals surface area contributed by atoms with Crippen molar-refractivity contribution in [2.75, 3.05) is 26.8 Å². The number of aliphatic hydroxyl groups is 1. The van der Waals surface area contributed by atoms with E-state index in [1.54, 1.807) is 7.11 Å². The zero-order valence-electron chi connectivity index (χ0n) is 17.0. The van der Waals surface area contributed by atoms with Crippen LogP contribution in [0, 0.1) is 5.92 Å². The Morgan fingerprint density at radius 1 is 1.14 bits per heavy atom. The molecular formula is C22H32N4O2. The molecule has 1 aliphatic carbocycles. The first kappa shape index (κ1) is 19.6. The first-order valence-electron chi connectivity index (χ1n) is 10.6. The quantitative estimate of drug-likeness (QED) is 0.754. The van der Waals surface area contributed by atoms with Gasteiger partial charge in [-0.1, -0.05) is 30.7 Å². The molecule has 2 aromatic rings. The molecule has 0 radical (unpaired) electrons. The van der Waals surface area contributed by atoms with Crippen molar-refractivity contribution >= 4 is 0 Å². The maximum absolute atomic E-state index is 10.8. The third-order valence-electron chi connectivity index (χ3n) is 6.16.